The van der Waals surface area contributed by atoms with Crippen LogP contribution in [0.3, 0.4) is 0 Å². The lowest BCUT2D eigenvalue weighted by Gasteiger charge is -2.20. The third-order valence-corrected chi connectivity index (χ3v) is 5.48. The Kier molecular flexibility index (Phi) is 14.1. The number of rotatable bonds is 17. The van der Waals surface area contributed by atoms with Crippen LogP contribution >= 0.6 is 0 Å². The molecule has 0 fully saturated rings. The van der Waals surface area contributed by atoms with E-state index in [4.69, 9.17) is 0 Å². The fourth-order valence-electron chi connectivity index (χ4n) is 2.63. The fraction of sp³-hybridized carbons (Fsp3) is 0.250. The number of ether oxygens (including phenoxy) is 1. The van der Waals surface area contributed by atoms with Crippen molar-refractivity contribution in [3.63, 3.8) is 0 Å². The van der Waals surface area contributed by atoms with Gasteiger partial charge in [0.15, 0.2) is 23.2 Å². The summed E-state index contributed by atoms with van der Waals surface area (Å²) in [6, 6.07) is 0. The summed E-state index contributed by atoms with van der Waals surface area (Å²) in [5.74, 6) is -6.81. The van der Waals surface area contributed by atoms with E-state index in [0.717, 1.165) is 31.1 Å². The average molecular weight is 551 g/mol. The maximum atomic E-state index is 14.6. The maximum Gasteiger partial charge on any atom is 0.426 e. The van der Waals surface area contributed by atoms with Gasteiger partial charge in [0, 0.05) is 5.57 Å². The van der Waals surface area contributed by atoms with Crippen molar-refractivity contribution in [3.8, 4) is 0 Å². The molecule has 0 saturated heterocycles. The zero-order valence-electron chi connectivity index (χ0n) is 22.8. The van der Waals surface area contributed by atoms with E-state index in [2.05, 4.69) is 71.2 Å². The minimum absolute atomic E-state index is 0.0324. The van der Waals surface area contributed by atoms with E-state index in [1.165, 1.54) is 12.2 Å². The van der Waals surface area contributed by atoms with Crippen molar-refractivity contribution in [2.24, 2.45) is 11.8 Å². The third-order valence-electron chi connectivity index (χ3n) is 5.48. The van der Waals surface area contributed by atoms with E-state index >= 15 is 0 Å². The highest BCUT2D eigenvalue weighted by atomic mass is 19.3. The van der Waals surface area contributed by atoms with Crippen molar-refractivity contribution < 1.29 is 31.1 Å². The summed E-state index contributed by atoms with van der Waals surface area (Å²) < 4.78 is 88.5. The molecule has 7 heteroatoms. The number of hydrogen-bond donors (Lipinski definition) is 0. The van der Waals surface area contributed by atoms with Crippen LogP contribution < -0.4 is 0 Å². The largest absolute Gasteiger partial charge is 0.426 e. The molecule has 0 aromatic carbocycles. The van der Waals surface area contributed by atoms with Crippen molar-refractivity contribution in [1.82, 2.24) is 0 Å². The van der Waals surface area contributed by atoms with Gasteiger partial charge in [0.2, 0.25) is 5.83 Å². The fourth-order valence-corrected chi connectivity index (χ4v) is 2.63. The van der Waals surface area contributed by atoms with Gasteiger partial charge in [-0.15, -0.1) is 0 Å². The molecule has 0 aromatic heterocycles. The summed E-state index contributed by atoms with van der Waals surface area (Å²) >= 11 is 0. The van der Waals surface area contributed by atoms with E-state index in [9.17, 15) is 26.3 Å². The van der Waals surface area contributed by atoms with E-state index < -0.39 is 46.3 Å². The zero-order chi connectivity index (χ0) is 30.7. The van der Waals surface area contributed by atoms with Crippen molar-refractivity contribution in [3.05, 3.63) is 146 Å². The molecule has 0 aliphatic rings. The molecule has 0 saturated carbocycles. The van der Waals surface area contributed by atoms with Crippen molar-refractivity contribution >= 4 is 0 Å². The topological polar surface area (TPSA) is 9.23 Å². The molecule has 0 spiro atoms. The van der Waals surface area contributed by atoms with Gasteiger partial charge in [-0.05, 0) is 47.1 Å². The Morgan fingerprint density at radius 2 is 1.26 bits per heavy atom. The highest BCUT2D eigenvalue weighted by Crippen LogP contribution is 2.34. The summed E-state index contributed by atoms with van der Waals surface area (Å²) in [6.45, 7) is 32.9. The van der Waals surface area contributed by atoms with Crippen LogP contribution in [-0.4, -0.2) is 6.11 Å². The molecule has 0 N–H and O–H groups in total. The minimum atomic E-state index is -4.10. The normalized spacial score (nSPS) is 13.7. The molecule has 0 bridgehead atoms. The van der Waals surface area contributed by atoms with Gasteiger partial charge in [0.05, 0.1) is 5.57 Å². The molecule has 0 aromatic rings. The summed E-state index contributed by atoms with van der Waals surface area (Å²) in [7, 11) is 0. The Morgan fingerprint density at radius 1 is 0.718 bits per heavy atom. The second kappa shape index (κ2) is 15.6. The summed E-state index contributed by atoms with van der Waals surface area (Å²) in [5, 5.41) is 0. The standard InChI is InChI=1S/C32H36F6O/c1-19(2)12-13-20(3)21(4)16-17-25(8)32(37,38)39-28(11)31(36)30(35)26(9)23(6)15-14-22(5)24(7)18-29(34)27(10)33/h14-20H,4-13H2,1-3H3/b15-14-,17-16-,29-18+,31-30-. The molecule has 0 aliphatic carbocycles. The molecule has 0 heterocycles. The second-order valence-corrected chi connectivity index (χ2v) is 9.26. The van der Waals surface area contributed by atoms with Gasteiger partial charge in [0.1, 0.15) is 0 Å². The third kappa shape index (κ3) is 12.1. The molecular formula is C32H36F6O. The van der Waals surface area contributed by atoms with Crippen LogP contribution in [0.1, 0.15) is 33.6 Å². The van der Waals surface area contributed by atoms with Gasteiger partial charge in [-0.25, -0.2) is 13.2 Å². The number of hydrogen-bond acceptors (Lipinski definition) is 1. The second-order valence-electron chi connectivity index (χ2n) is 9.26. The predicted octanol–water partition coefficient (Wildman–Crippen LogP) is 11.1. The van der Waals surface area contributed by atoms with Gasteiger partial charge >= 0.3 is 6.11 Å². The number of alkyl halides is 2. The summed E-state index contributed by atoms with van der Waals surface area (Å²) in [6.07, 6.45) is 3.12. The number of halogens is 6. The first kappa shape index (κ1) is 35.3. The van der Waals surface area contributed by atoms with E-state index in [1.807, 2.05) is 6.92 Å². The zero-order valence-corrected chi connectivity index (χ0v) is 22.8. The maximum absolute atomic E-state index is 14.6. The number of allylic oxidation sites excluding steroid dienone is 13. The van der Waals surface area contributed by atoms with Crippen LogP contribution in [0.5, 0.6) is 0 Å². The molecule has 212 valence electrons. The Bertz CT molecular complexity index is 1170. The van der Waals surface area contributed by atoms with Crippen LogP contribution in [0, 0.1) is 11.8 Å². The van der Waals surface area contributed by atoms with Crippen LogP contribution in [0.2, 0.25) is 0 Å². The van der Waals surface area contributed by atoms with Gasteiger partial charge in [-0.2, -0.15) is 13.2 Å². The molecule has 1 unspecified atom stereocenters. The van der Waals surface area contributed by atoms with Gasteiger partial charge in [-0.3, -0.25) is 0 Å². The predicted molar refractivity (Wildman–Crippen MR) is 150 cm³/mol. The van der Waals surface area contributed by atoms with E-state index in [1.54, 1.807) is 0 Å². The van der Waals surface area contributed by atoms with Gasteiger partial charge in [0.25, 0.3) is 0 Å². The Labute approximate surface area is 228 Å². The molecule has 1 nitrogen and oxygen atoms in total. The molecule has 0 amide bonds. The van der Waals surface area contributed by atoms with Crippen LogP contribution in [-0.2, 0) is 4.74 Å². The first-order valence-corrected chi connectivity index (χ1v) is 11.9. The highest BCUT2D eigenvalue weighted by Gasteiger charge is 2.36. The lowest BCUT2D eigenvalue weighted by Crippen LogP contribution is -2.22. The van der Waals surface area contributed by atoms with Gasteiger partial charge < -0.3 is 4.74 Å². The molecule has 0 aliphatic heterocycles. The molecule has 0 rings (SSSR count). The molecule has 1 atom stereocenters. The lowest BCUT2D eigenvalue weighted by molar-refractivity contribution is -0.178. The average Bonchev–Trinajstić information content (AvgIpc) is 2.86. The monoisotopic (exact) mass is 550 g/mol. The van der Waals surface area contributed by atoms with Gasteiger partial charge in [-0.1, -0.05) is 104 Å². The minimum Gasteiger partial charge on any atom is -0.426 e. The highest BCUT2D eigenvalue weighted by molar-refractivity contribution is 5.52. The van der Waals surface area contributed by atoms with E-state index in [-0.39, 0.29) is 22.6 Å². The smallest absolute Gasteiger partial charge is 0.426 e. The van der Waals surface area contributed by atoms with E-state index in [0.29, 0.717) is 11.5 Å². The van der Waals surface area contributed by atoms with Crippen LogP contribution in [0.25, 0.3) is 0 Å². The Balaban J connectivity index is 5.39. The Hall–Kier alpha value is -3.74. The van der Waals surface area contributed by atoms with Crippen LogP contribution in [0.4, 0.5) is 26.3 Å². The Morgan fingerprint density at radius 3 is 1.77 bits per heavy atom. The van der Waals surface area contributed by atoms with Crippen molar-refractivity contribution in [2.45, 2.75) is 39.7 Å². The molecular weight excluding hydrogens is 514 g/mol. The molecule has 0 radical (unpaired) electrons. The summed E-state index contributed by atoms with van der Waals surface area (Å²) in [4.78, 5) is 0. The molecule has 39 heavy (non-hydrogen) atoms. The first-order valence-electron chi connectivity index (χ1n) is 11.9. The lowest BCUT2D eigenvalue weighted by atomic mass is 9.93. The van der Waals surface area contributed by atoms with Crippen molar-refractivity contribution in [1.29, 1.82) is 0 Å². The first-order chi connectivity index (χ1) is 17.8. The quantitative estimate of drug-likeness (QED) is 0.0994. The van der Waals surface area contributed by atoms with Crippen LogP contribution in [0.15, 0.2) is 146 Å². The van der Waals surface area contributed by atoms with Crippen molar-refractivity contribution in [2.75, 3.05) is 0 Å². The summed E-state index contributed by atoms with van der Waals surface area (Å²) in [5.41, 5.74) is -0.962. The SMILES string of the molecule is C=C(/C=C\C(=C)C(=C)/C(F)=C(/F)C(=C)OC(F)(F)C(=C)/C=C\C(=C)C(C)CCC(C)C)C(=C)/C=C(/F)C(=C)F.